The number of fused-ring (bicyclic) bond motifs is 3. The number of rotatable bonds is 5. The van der Waals surface area contributed by atoms with E-state index in [0.717, 1.165) is 19.5 Å². The van der Waals surface area contributed by atoms with Crippen molar-refractivity contribution in [1.82, 2.24) is 10.2 Å². The second-order valence-corrected chi connectivity index (χ2v) is 6.23. The molecule has 0 saturated heterocycles. The van der Waals surface area contributed by atoms with E-state index in [1.807, 2.05) is 0 Å². The van der Waals surface area contributed by atoms with Crippen molar-refractivity contribution < 1.29 is 0 Å². The minimum atomic E-state index is 0.402. The van der Waals surface area contributed by atoms with Crippen LogP contribution in [0.25, 0.3) is 11.1 Å². The predicted octanol–water partition coefficient (Wildman–Crippen LogP) is 3.47. The van der Waals surface area contributed by atoms with Gasteiger partial charge in [0.2, 0.25) is 0 Å². The molecule has 1 aliphatic rings. The summed E-state index contributed by atoms with van der Waals surface area (Å²) in [5.74, 6) is 0. The molecule has 3 rings (SSSR count). The lowest BCUT2D eigenvalue weighted by atomic mass is 10.0. The van der Waals surface area contributed by atoms with Crippen molar-refractivity contribution in [2.24, 2.45) is 0 Å². The molecule has 0 bridgehead atoms. The highest BCUT2D eigenvalue weighted by Crippen LogP contribution is 2.37. The highest BCUT2D eigenvalue weighted by Gasteiger charge is 2.18. The SMILES string of the molecule is CC(NCCN(C)C)c1ccc2c(c1)Cc1ccccc1-2. The van der Waals surface area contributed by atoms with E-state index >= 15 is 0 Å². The van der Waals surface area contributed by atoms with E-state index in [2.05, 4.69) is 73.7 Å². The average Bonchev–Trinajstić information content (AvgIpc) is 2.84. The first-order valence-corrected chi connectivity index (χ1v) is 7.74. The second-order valence-electron chi connectivity index (χ2n) is 6.23. The van der Waals surface area contributed by atoms with Crippen LogP contribution in [-0.2, 0) is 6.42 Å². The van der Waals surface area contributed by atoms with Crippen LogP contribution in [0.5, 0.6) is 0 Å². The van der Waals surface area contributed by atoms with Gasteiger partial charge in [-0.25, -0.2) is 0 Å². The molecule has 0 amide bonds. The highest BCUT2D eigenvalue weighted by molar-refractivity contribution is 5.76. The zero-order valence-electron chi connectivity index (χ0n) is 13.2. The monoisotopic (exact) mass is 280 g/mol. The van der Waals surface area contributed by atoms with Crippen LogP contribution in [0, 0.1) is 0 Å². The Balaban J connectivity index is 1.74. The molecule has 2 nitrogen and oxygen atoms in total. The minimum Gasteiger partial charge on any atom is -0.309 e. The zero-order valence-corrected chi connectivity index (χ0v) is 13.2. The number of likely N-dealkylation sites (N-methyl/N-ethyl adjacent to an activating group) is 1. The van der Waals surface area contributed by atoms with Gasteiger partial charge in [-0.05, 0) is 55.3 Å². The maximum absolute atomic E-state index is 3.60. The number of hydrogen-bond donors (Lipinski definition) is 1. The third-order valence-corrected chi connectivity index (χ3v) is 4.33. The number of nitrogens with one attached hydrogen (secondary N) is 1. The predicted molar refractivity (Wildman–Crippen MR) is 89.7 cm³/mol. The molecule has 0 heterocycles. The Hall–Kier alpha value is -1.64. The van der Waals surface area contributed by atoms with Gasteiger partial charge in [-0.2, -0.15) is 0 Å². The van der Waals surface area contributed by atoms with Gasteiger partial charge in [-0.3, -0.25) is 0 Å². The van der Waals surface area contributed by atoms with E-state index in [1.54, 1.807) is 0 Å². The Bertz CT molecular complexity index is 631. The average molecular weight is 280 g/mol. The molecule has 0 fully saturated rings. The van der Waals surface area contributed by atoms with Crippen LogP contribution in [0.2, 0.25) is 0 Å². The van der Waals surface area contributed by atoms with Crippen LogP contribution in [0.4, 0.5) is 0 Å². The molecule has 0 aromatic heterocycles. The van der Waals surface area contributed by atoms with Crippen LogP contribution < -0.4 is 5.32 Å². The van der Waals surface area contributed by atoms with Crippen LogP contribution in [0.1, 0.15) is 29.7 Å². The largest absolute Gasteiger partial charge is 0.309 e. The fourth-order valence-electron chi connectivity index (χ4n) is 3.06. The normalized spacial score (nSPS) is 14.1. The van der Waals surface area contributed by atoms with E-state index in [1.165, 1.54) is 27.8 Å². The molecular weight excluding hydrogens is 256 g/mol. The first-order chi connectivity index (χ1) is 10.1. The van der Waals surface area contributed by atoms with Crippen molar-refractivity contribution in [1.29, 1.82) is 0 Å². The Morgan fingerprint density at radius 1 is 1.05 bits per heavy atom. The summed E-state index contributed by atoms with van der Waals surface area (Å²) in [5.41, 5.74) is 7.13. The molecule has 0 radical (unpaired) electrons. The van der Waals surface area contributed by atoms with E-state index in [4.69, 9.17) is 0 Å². The van der Waals surface area contributed by atoms with Crippen LogP contribution >= 0.6 is 0 Å². The van der Waals surface area contributed by atoms with Gasteiger partial charge >= 0.3 is 0 Å². The third-order valence-electron chi connectivity index (χ3n) is 4.33. The standard InChI is InChI=1S/C19H24N2/c1-14(20-10-11-21(2)3)15-8-9-19-17(12-15)13-16-6-4-5-7-18(16)19/h4-9,12,14,20H,10-11,13H2,1-3H3. The van der Waals surface area contributed by atoms with Crippen LogP contribution in [0.15, 0.2) is 42.5 Å². The fourth-order valence-corrected chi connectivity index (χ4v) is 3.06. The number of benzene rings is 2. The lowest BCUT2D eigenvalue weighted by Crippen LogP contribution is -2.28. The Labute approximate surface area is 127 Å². The molecule has 0 saturated carbocycles. The molecule has 2 aromatic rings. The summed E-state index contributed by atoms with van der Waals surface area (Å²) >= 11 is 0. The van der Waals surface area contributed by atoms with Gasteiger partial charge in [0.15, 0.2) is 0 Å². The van der Waals surface area contributed by atoms with Gasteiger partial charge in [0.05, 0.1) is 0 Å². The van der Waals surface area contributed by atoms with Gasteiger partial charge in [0.25, 0.3) is 0 Å². The zero-order chi connectivity index (χ0) is 14.8. The van der Waals surface area contributed by atoms with E-state index in [0.29, 0.717) is 6.04 Å². The fraction of sp³-hybridized carbons (Fsp3) is 0.368. The van der Waals surface area contributed by atoms with Gasteiger partial charge < -0.3 is 10.2 Å². The van der Waals surface area contributed by atoms with Crippen molar-refractivity contribution in [3.63, 3.8) is 0 Å². The van der Waals surface area contributed by atoms with Crippen LogP contribution in [0.3, 0.4) is 0 Å². The summed E-state index contributed by atoms with van der Waals surface area (Å²) in [6, 6.07) is 16.1. The van der Waals surface area contributed by atoms with E-state index < -0.39 is 0 Å². The summed E-state index contributed by atoms with van der Waals surface area (Å²) in [7, 11) is 4.22. The molecule has 0 spiro atoms. The lowest BCUT2D eigenvalue weighted by molar-refractivity contribution is 0.389. The Morgan fingerprint density at radius 3 is 2.62 bits per heavy atom. The maximum atomic E-state index is 3.60. The first kappa shape index (κ1) is 14.3. The third kappa shape index (κ3) is 3.02. The lowest BCUT2D eigenvalue weighted by Gasteiger charge is -2.17. The summed E-state index contributed by atoms with van der Waals surface area (Å²) in [6.07, 6.45) is 1.07. The molecule has 0 aliphatic heterocycles. The molecule has 1 N–H and O–H groups in total. The van der Waals surface area contributed by atoms with Gasteiger partial charge in [0.1, 0.15) is 0 Å². The topological polar surface area (TPSA) is 15.3 Å². The van der Waals surface area contributed by atoms with Crippen molar-refractivity contribution in [3.05, 3.63) is 59.2 Å². The molecule has 1 aliphatic carbocycles. The number of nitrogens with zero attached hydrogens (tertiary/aromatic N) is 1. The first-order valence-electron chi connectivity index (χ1n) is 7.74. The summed E-state index contributed by atoms with van der Waals surface area (Å²) < 4.78 is 0. The molecule has 21 heavy (non-hydrogen) atoms. The van der Waals surface area contributed by atoms with E-state index in [9.17, 15) is 0 Å². The Morgan fingerprint density at radius 2 is 1.81 bits per heavy atom. The van der Waals surface area contributed by atoms with Crippen molar-refractivity contribution in [2.45, 2.75) is 19.4 Å². The smallest absolute Gasteiger partial charge is 0.0292 e. The van der Waals surface area contributed by atoms with Crippen molar-refractivity contribution in [2.75, 3.05) is 27.2 Å². The molecule has 2 aromatic carbocycles. The van der Waals surface area contributed by atoms with Gasteiger partial charge in [-0.15, -0.1) is 0 Å². The molecule has 1 atom stereocenters. The summed E-state index contributed by atoms with van der Waals surface area (Å²) in [5, 5.41) is 3.60. The van der Waals surface area contributed by atoms with Crippen molar-refractivity contribution >= 4 is 0 Å². The molecule has 110 valence electrons. The summed E-state index contributed by atoms with van der Waals surface area (Å²) in [4.78, 5) is 2.21. The maximum Gasteiger partial charge on any atom is 0.0292 e. The number of hydrogen-bond acceptors (Lipinski definition) is 2. The van der Waals surface area contributed by atoms with Crippen LogP contribution in [-0.4, -0.2) is 32.1 Å². The quantitative estimate of drug-likeness (QED) is 0.770. The van der Waals surface area contributed by atoms with Gasteiger partial charge in [0, 0.05) is 19.1 Å². The molecular formula is C19H24N2. The minimum absolute atomic E-state index is 0.402. The van der Waals surface area contributed by atoms with E-state index in [-0.39, 0.29) is 0 Å². The van der Waals surface area contributed by atoms with Crippen molar-refractivity contribution in [3.8, 4) is 11.1 Å². The highest BCUT2D eigenvalue weighted by atomic mass is 15.1. The molecule has 2 heteroatoms. The molecule has 1 unspecified atom stereocenters. The Kier molecular flexibility index (Phi) is 4.09. The summed E-state index contributed by atoms with van der Waals surface area (Å²) in [6.45, 7) is 4.34. The van der Waals surface area contributed by atoms with Gasteiger partial charge in [-0.1, -0.05) is 42.5 Å². The second kappa shape index (κ2) is 6.00.